The molecule has 10 heavy (non-hydrogen) atoms. The van der Waals surface area contributed by atoms with Crippen LogP contribution < -0.4 is 0 Å². The second-order valence-electron chi connectivity index (χ2n) is 2.10. The highest BCUT2D eigenvalue weighted by Crippen LogP contribution is 1.94. The second-order valence-corrected chi connectivity index (χ2v) is 2.10. The van der Waals surface area contributed by atoms with Crippen molar-refractivity contribution in [1.29, 1.82) is 0 Å². The van der Waals surface area contributed by atoms with Gasteiger partial charge < -0.3 is 5.11 Å². The lowest BCUT2D eigenvalue weighted by Crippen LogP contribution is -1.97. The predicted molar refractivity (Wildman–Crippen MR) is 36.7 cm³/mol. The van der Waals surface area contributed by atoms with E-state index in [1.165, 1.54) is 19.9 Å². The lowest BCUT2D eigenvalue weighted by atomic mass is 10.2. The maximum Gasteiger partial charge on any atom is 0.330 e. The molecule has 0 aliphatic carbocycles. The van der Waals surface area contributed by atoms with E-state index in [9.17, 15) is 9.59 Å². The van der Waals surface area contributed by atoms with Crippen molar-refractivity contribution >= 4 is 11.8 Å². The summed E-state index contributed by atoms with van der Waals surface area (Å²) in [4.78, 5) is 20.5. The van der Waals surface area contributed by atoms with Crippen LogP contribution in [0.3, 0.4) is 0 Å². The summed E-state index contributed by atoms with van der Waals surface area (Å²) < 4.78 is 0. The first kappa shape index (κ1) is 8.88. The molecule has 0 aromatic heterocycles. The van der Waals surface area contributed by atoms with Gasteiger partial charge in [0.1, 0.15) is 5.78 Å². The molecule has 0 saturated carbocycles. The minimum atomic E-state index is -0.971. The third-order valence-electron chi connectivity index (χ3n) is 1.03. The van der Waals surface area contributed by atoms with Gasteiger partial charge >= 0.3 is 5.97 Å². The van der Waals surface area contributed by atoms with Crippen LogP contribution in [0.4, 0.5) is 0 Å². The molecule has 0 spiro atoms. The standard InChI is InChI=1S/C7H10O3/c1-5(7(9)10)3-4-6(2)8/h3H,4H2,1-2H3,(H,9,10). The number of hydrogen-bond donors (Lipinski definition) is 1. The van der Waals surface area contributed by atoms with Crippen LogP contribution in [0.25, 0.3) is 0 Å². The number of aliphatic carboxylic acids is 1. The fourth-order valence-electron chi connectivity index (χ4n) is 0.384. The van der Waals surface area contributed by atoms with Gasteiger partial charge in [-0.15, -0.1) is 0 Å². The largest absolute Gasteiger partial charge is 0.478 e. The Kier molecular flexibility index (Phi) is 3.39. The van der Waals surface area contributed by atoms with Gasteiger partial charge in [0.2, 0.25) is 0 Å². The topological polar surface area (TPSA) is 54.4 Å². The average molecular weight is 142 g/mol. The smallest absolute Gasteiger partial charge is 0.330 e. The van der Waals surface area contributed by atoms with Crippen molar-refractivity contribution in [3.8, 4) is 0 Å². The highest BCUT2D eigenvalue weighted by Gasteiger charge is 1.98. The highest BCUT2D eigenvalue weighted by atomic mass is 16.4. The Morgan fingerprint density at radius 3 is 2.20 bits per heavy atom. The zero-order valence-electron chi connectivity index (χ0n) is 6.05. The van der Waals surface area contributed by atoms with Crippen molar-refractivity contribution in [2.45, 2.75) is 20.3 Å². The number of carbonyl (C=O) groups is 2. The summed E-state index contributed by atoms with van der Waals surface area (Å²) in [7, 11) is 0. The Balaban J connectivity index is 3.92. The molecule has 0 unspecified atom stereocenters. The summed E-state index contributed by atoms with van der Waals surface area (Å²) in [5.74, 6) is -0.998. The summed E-state index contributed by atoms with van der Waals surface area (Å²) in [6, 6.07) is 0. The van der Waals surface area contributed by atoms with E-state index in [1.54, 1.807) is 0 Å². The highest BCUT2D eigenvalue weighted by molar-refractivity contribution is 5.87. The molecule has 0 aromatic rings. The molecule has 0 aliphatic heterocycles. The van der Waals surface area contributed by atoms with Crippen molar-refractivity contribution in [3.63, 3.8) is 0 Å². The molecule has 0 fully saturated rings. The first-order valence-corrected chi connectivity index (χ1v) is 2.93. The number of rotatable bonds is 3. The molecule has 0 saturated heterocycles. The van der Waals surface area contributed by atoms with Gasteiger partial charge in [-0.1, -0.05) is 6.08 Å². The lowest BCUT2D eigenvalue weighted by molar-refractivity contribution is -0.132. The van der Waals surface area contributed by atoms with Crippen molar-refractivity contribution in [3.05, 3.63) is 11.6 Å². The number of carboxylic acids is 1. The van der Waals surface area contributed by atoms with Crippen LogP contribution in [0.15, 0.2) is 11.6 Å². The van der Waals surface area contributed by atoms with E-state index in [-0.39, 0.29) is 17.8 Å². The fourth-order valence-corrected chi connectivity index (χ4v) is 0.384. The molecule has 1 N–H and O–H groups in total. The van der Waals surface area contributed by atoms with Crippen molar-refractivity contribution in [2.75, 3.05) is 0 Å². The van der Waals surface area contributed by atoms with Crippen molar-refractivity contribution in [1.82, 2.24) is 0 Å². The van der Waals surface area contributed by atoms with Crippen molar-refractivity contribution in [2.24, 2.45) is 0 Å². The first-order valence-electron chi connectivity index (χ1n) is 2.93. The van der Waals surface area contributed by atoms with Crippen LogP contribution in [0.5, 0.6) is 0 Å². The number of carboxylic acid groups (broad SMARTS) is 1. The maximum atomic E-state index is 10.3. The fraction of sp³-hybridized carbons (Fsp3) is 0.429. The molecule has 0 bridgehead atoms. The van der Waals surface area contributed by atoms with Gasteiger partial charge in [-0.3, -0.25) is 4.79 Å². The van der Waals surface area contributed by atoms with E-state index in [4.69, 9.17) is 5.11 Å². The summed E-state index contributed by atoms with van der Waals surface area (Å²) in [5.41, 5.74) is 0.218. The Bertz CT molecular complexity index is 179. The molecule has 56 valence electrons. The molecule has 0 aromatic carbocycles. The summed E-state index contributed by atoms with van der Waals surface area (Å²) in [5, 5.41) is 8.32. The Hall–Kier alpha value is -1.12. The van der Waals surface area contributed by atoms with E-state index >= 15 is 0 Å². The Labute approximate surface area is 59.4 Å². The number of Topliss-reactive ketones (excluding diaryl/α,β-unsaturated/α-hetero) is 1. The van der Waals surface area contributed by atoms with Gasteiger partial charge in [0.05, 0.1) is 0 Å². The van der Waals surface area contributed by atoms with Gasteiger partial charge in [-0.2, -0.15) is 0 Å². The monoisotopic (exact) mass is 142 g/mol. The summed E-state index contributed by atoms with van der Waals surface area (Å²) in [6.45, 7) is 2.89. The van der Waals surface area contributed by atoms with E-state index in [0.29, 0.717) is 0 Å². The normalized spacial score (nSPS) is 11.2. The van der Waals surface area contributed by atoms with Crippen LogP contribution in [-0.2, 0) is 9.59 Å². The maximum absolute atomic E-state index is 10.3. The van der Waals surface area contributed by atoms with Gasteiger partial charge in [-0.05, 0) is 13.8 Å². The predicted octanol–water partition coefficient (Wildman–Crippen LogP) is 0.996. The number of carbonyl (C=O) groups excluding carboxylic acids is 1. The third kappa shape index (κ3) is 3.83. The van der Waals surface area contributed by atoms with Gasteiger partial charge in [-0.25, -0.2) is 4.79 Å². The first-order chi connectivity index (χ1) is 4.54. The quantitative estimate of drug-likeness (QED) is 0.598. The molecule has 0 amide bonds. The molecule has 3 nitrogen and oxygen atoms in total. The van der Waals surface area contributed by atoms with Crippen LogP contribution in [0.2, 0.25) is 0 Å². The molecule has 0 aliphatic rings. The molecule has 0 rings (SSSR count). The number of ketones is 1. The zero-order valence-corrected chi connectivity index (χ0v) is 6.05. The van der Waals surface area contributed by atoms with Crippen molar-refractivity contribution < 1.29 is 14.7 Å². The molecule has 3 heteroatoms. The zero-order chi connectivity index (χ0) is 8.15. The molecule has 0 heterocycles. The summed E-state index contributed by atoms with van der Waals surface area (Å²) in [6.07, 6.45) is 1.61. The van der Waals surface area contributed by atoms with Crippen LogP contribution in [-0.4, -0.2) is 16.9 Å². The number of allylic oxidation sites excluding steroid dienone is 1. The lowest BCUT2D eigenvalue weighted by Gasteiger charge is -1.89. The van der Waals surface area contributed by atoms with E-state index < -0.39 is 5.97 Å². The van der Waals surface area contributed by atoms with Gasteiger partial charge in [0.15, 0.2) is 0 Å². The molecule has 0 radical (unpaired) electrons. The minimum Gasteiger partial charge on any atom is -0.478 e. The minimum absolute atomic E-state index is 0.0272. The SMILES string of the molecule is CC(=O)CC=C(C)C(=O)O. The second kappa shape index (κ2) is 3.82. The molecule has 0 atom stereocenters. The summed E-state index contributed by atoms with van der Waals surface area (Å²) >= 11 is 0. The van der Waals surface area contributed by atoms with E-state index in [2.05, 4.69) is 0 Å². The Morgan fingerprint density at radius 2 is 1.90 bits per heavy atom. The van der Waals surface area contributed by atoms with E-state index in [0.717, 1.165) is 0 Å². The number of hydrogen-bond acceptors (Lipinski definition) is 2. The van der Waals surface area contributed by atoms with Crippen LogP contribution in [0.1, 0.15) is 20.3 Å². The molecular formula is C7H10O3. The average Bonchev–Trinajstić information content (AvgIpc) is 1.82. The Morgan fingerprint density at radius 1 is 1.40 bits per heavy atom. The van der Waals surface area contributed by atoms with Gasteiger partial charge in [0.25, 0.3) is 0 Å². The van der Waals surface area contributed by atoms with Crippen LogP contribution in [0, 0.1) is 0 Å². The molecular weight excluding hydrogens is 132 g/mol. The van der Waals surface area contributed by atoms with Gasteiger partial charge in [0, 0.05) is 12.0 Å². The van der Waals surface area contributed by atoms with E-state index in [1.807, 2.05) is 0 Å². The third-order valence-corrected chi connectivity index (χ3v) is 1.03. The van der Waals surface area contributed by atoms with Crippen LogP contribution >= 0.6 is 0 Å².